The lowest BCUT2D eigenvalue weighted by Crippen LogP contribution is -1.85. The number of nitrogens with one attached hydrogen (secondary N) is 1. The summed E-state index contributed by atoms with van der Waals surface area (Å²) in [6.07, 6.45) is 9.36. The third kappa shape index (κ3) is 1.24. The molecule has 86 valence electrons. The van der Waals surface area contributed by atoms with E-state index in [1.807, 2.05) is 41.2 Å². The van der Waals surface area contributed by atoms with Crippen molar-refractivity contribution in [1.82, 2.24) is 24.6 Å². The Balaban J connectivity index is 2.08. The van der Waals surface area contributed by atoms with E-state index in [0.29, 0.717) is 0 Å². The molecule has 5 nitrogen and oxygen atoms in total. The SMILES string of the molecule is c1cnc2ccn3cc(-c4cn[nH]c4)nc3c2c1. The van der Waals surface area contributed by atoms with Crippen LogP contribution in [0.2, 0.25) is 0 Å². The number of nitrogens with zero attached hydrogens (tertiary/aromatic N) is 4. The summed E-state index contributed by atoms with van der Waals surface area (Å²) in [4.78, 5) is 8.98. The monoisotopic (exact) mass is 235 g/mol. The van der Waals surface area contributed by atoms with Crippen molar-refractivity contribution in [2.75, 3.05) is 0 Å². The number of hydrogen-bond donors (Lipinski definition) is 1. The summed E-state index contributed by atoms with van der Waals surface area (Å²) in [6, 6.07) is 5.95. The van der Waals surface area contributed by atoms with Crippen LogP contribution in [0.3, 0.4) is 0 Å². The number of fused-ring (bicyclic) bond motifs is 3. The maximum absolute atomic E-state index is 4.65. The van der Waals surface area contributed by atoms with Gasteiger partial charge in [0.1, 0.15) is 5.65 Å². The highest BCUT2D eigenvalue weighted by Crippen LogP contribution is 2.22. The van der Waals surface area contributed by atoms with Crippen molar-refractivity contribution in [3.05, 3.63) is 49.2 Å². The molecule has 0 aromatic carbocycles. The fourth-order valence-electron chi connectivity index (χ4n) is 2.13. The molecule has 0 spiro atoms. The molecular formula is C13H9N5. The normalized spacial score (nSPS) is 11.3. The molecule has 0 aliphatic rings. The molecule has 0 radical (unpaired) electrons. The number of rotatable bonds is 1. The highest BCUT2D eigenvalue weighted by Gasteiger charge is 2.08. The first kappa shape index (κ1) is 9.35. The van der Waals surface area contributed by atoms with Crippen molar-refractivity contribution in [1.29, 1.82) is 0 Å². The molecule has 0 saturated carbocycles. The number of hydrogen-bond acceptors (Lipinski definition) is 3. The zero-order chi connectivity index (χ0) is 11.9. The Labute approximate surface area is 102 Å². The average Bonchev–Trinajstić information content (AvgIpc) is 3.07. The molecule has 0 unspecified atom stereocenters. The summed E-state index contributed by atoms with van der Waals surface area (Å²) in [5, 5.41) is 7.79. The third-order valence-corrected chi connectivity index (χ3v) is 3.00. The number of aromatic amines is 1. The van der Waals surface area contributed by atoms with Crippen molar-refractivity contribution in [2.24, 2.45) is 0 Å². The van der Waals surface area contributed by atoms with Gasteiger partial charge in [0, 0.05) is 35.7 Å². The number of pyridine rings is 2. The van der Waals surface area contributed by atoms with Crippen LogP contribution < -0.4 is 0 Å². The van der Waals surface area contributed by atoms with E-state index in [-0.39, 0.29) is 0 Å². The largest absolute Gasteiger partial charge is 0.306 e. The fraction of sp³-hybridized carbons (Fsp3) is 0. The van der Waals surface area contributed by atoms with E-state index >= 15 is 0 Å². The Kier molecular flexibility index (Phi) is 1.77. The van der Waals surface area contributed by atoms with Gasteiger partial charge in [0.25, 0.3) is 0 Å². The third-order valence-electron chi connectivity index (χ3n) is 3.00. The second-order valence-corrected chi connectivity index (χ2v) is 4.10. The first-order chi connectivity index (χ1) is 8.92. The predicted molar refractivity (Wildman–Crippen MR) is 68.1 cm³/mol. The molecule has 0 aliphatic heterocycles. The van der Waals surface area contributed by atoms with Crippen LogP contribution in [0.4, 0.5) is 0 Å². The first-order valence-corrected chi connectivity index (χ1v) is 5.63. The van der Waals surface area contributed by atoms with Crippen molar-refractivity contribution in [2.45, 2.75) is 0 Å². The number of H-pyrrole nitrogens is 1. The minimum absolute atomic E-state index is 0.903. The van der Waals surface area contributed by atoms with Crippen LogP contribution in [-0.2, 0) is 0 Å². The predicted octanol–water partition coefficient (Wildman–Crippen LogP) is 2.27. The van der Waals surface area contributed by atoms with E-state index in [9.17, 15) is 0 Å². The lowest BCUT2D eigenvalue weighted by Gasteiger charge is -1.97. The second kappa shape index (κ2) is 3.40. The number of aromatic nitrogens is 5. The topological polar surface area (TPSA) is 58.9 Å². The minimum Gasteiger partial charge on any atom is -0.306 e. The van der Waals surface area contributed by atoms with Crippen molar-refractivity contribution < 1.29 is 0 Å². The van der Waals surface area contributed by atoms with Crippen molar-refractivity contribution >= 4 is 16.6 Å². The lowest BCUT2D eigenvalue weighted by atomic mass is 10.2. The van der Waals surface area contributed by atoms with E-state index in [1.54, 1.807) is 12.4 Å². The van der Waals surface area contributed by atoms with Gasteiger partial charge >= 0.3 is 0 Å². The molecule has 0 aliphatic carbocycles. The molecule has 5 heteroatoms. The molecule has 1 N–H and O–H groups in total. The van der Waals surface area contributed by atoms with E-state index in [4.69, 9.17) is 0 Å². The fourth-order valence-corrected chi connectivity index (χ4v) is 2.13. The van der Waals surface area contributed by atoms with Crippen LogP contribution >= 0.6 is 0 Å². The summed E-state index contributed by atoms with van der Waals surface area (Å²) >= 11 is 0. The van der Waals surface area contributed by atoms with E-state index in [1.165, 1.54) is 0 Å². The van der Waals surface area contributed by atoms with Gasteiger partial charge in [0.2, 0.25) is 0 Å². The summed E-state index contributed by atoms with van der Waals surface area (Å²) in [7, 11) is 0. The van der Waals surface area contributed by atoms with Gasteiger partial charge in [-0.05, 0) is 18.2 Å². The van der Waals surface area contributed by atoms with E-state index in [0.717, 1.165) is 27.8 Å². The van der Waals surface area contributed by atoms with Crippen LogP contribution in [0.5, 0.6) is 0 Å². The van der Waals surface area contributed by atoms with Gasteiger partial charge in [0.15, 0.2) is 0 Å². The van der Waals surface area contributed by atoms with Crippen LogP contribution in [0.1, 0.15) is 0 Å². The molecule has 4 aromatic heterocycles. The molecule has 18 heavy (non-hydrogen) atoms. The molecule has 0 amide bonds. The lowest BCUT2D eigenvalue weighted by molar-refractivity contribution is 1.09. The quantitative estimate of drug-likeness (QED) is 0.550. The van der Waals surface area contributed by atoms with Crippen LogP contribution in [-0.4, -0.2) is 24.6 Å². The molecule has 0 saturated heterocycles. The van der Waals surface area contributed by atoms with Crippen LogP contribution in [0.25, 0.3) is 27.8 Å². The molecule has 0 atom stereocenters. The Morgan fingerprint density at radius 3 is 3.11 bits per heavy atom. The Bertz CT molecular complexity index is 829. The van der Waals surface area contributed by atoms with E-state index in [2.05, 4.69) is 20.2 Å². The van der Waals surface area contributed by atoms with E-state index < -0.39 is 0 Å². The average molecular weight is 235 g/mol. The summed E-state index contributed by atoms with van der Waals surface area (Å²) in [5.74, 6) is 0. The van der Waals surface area contributed by atoms with Gasteiger partial charge in [-0.2, -0.15) is 5.10 Å². The Hall–Kier alpha value is -2.69. The standard InChI is InChI=1S/C13H9N5/c1-2-10-11(14-4-1)3-5-18-8-12(17-13(10)18)9-6-15-16-7-9/h1-8H,(H,15,16). The number of imidazole rings is 1. The van der Waals surface area contributed by atoms with Gasteiger partial charge in [-0.1, -0.05) is 0 Å². The first-order valence-electron chi connectivity index (χ1n) is 5.63. The van der Waals surface area contributed by atoms with Gasteiger partial charge in [-0.15, -0.1) is 0 Å². The van der Waals surface area contributed by atoms with Crippen molar-refractivity contribution in [3.8, 4) is 11.3 Å². The van der Waals surface area contributed by atoms with Crippen LogP contribution in [0, 0.1) is 0 Å². The smallest absolute Gasteiger partial charge is 0.146 e. The maximum Gasteiger partial charge on any atom is 0.146 e. The van der Waals surface area contributed by atoms with Gasteiger partial charge in [-0.25, -0.2) is 4.98 Å². The van der Waals surface area contributed by atoms with Gasteiger partial charge in [-0.3, -0.25) is 10.1 Å². The molecule has 0 fully saturated rings. The Morgan fingerprint density at radius 2 is 2.22 bits per heavy atom. The van der Waals surface area contributed by atoms with Gasteiger partial charge in [0.05, 0.1) is 17.4 Å². The zero-order valence-electron chi connectivity index (χ0n) is 9.41. The molecule has 4 heterocycles. The van der Waals surface area contributed by atoms with Crippen LogP contribution in [0.15, 0.2) is 49.2 Å². The molecule has 0 bridgehead atoms. The zero-order valence-corrected chi connectivity index (χ0v) is 9.41. The Morgan fingerprint density at radius 1 is 1.22 bits per heavy atom. The van der Waals surface area contributed by atoms with Crippen molar-refractivity contribution in [3.63, 3.8) is 0 Å². The molecule has 4 aromatic rings. The summed E-state index contributed by atoms with van der Waals surface area (Å²) in [6.45, 7) is 0. The summed E-state index contributed by atoms with van der Waals surface area (Å²) in [5.41, 5.74) is 3.75. The highest BCUT2D eigenvalue weighted by atomic mass is 15.1. The van der Waals surface area contributed by atoms with Gasteiger partial charge < -0.3 is 4.40 Å². The highest BCUT2D eigenvalue weighted by molar-refractivity contribution is 5.92. The molecular weight excluding hydrogens is 226 g/mol. The molecule has 4 rings (SSSR count). The summed E-state index contributed by atoms with van der Waals surface area (Å²) < 4.78 is 2.01. The maximum atomic E-state index is 4.65. The minimum atomic E-state index is 0.903. The second-order valence-electron chi connectivity index (χ2n) is 4.10.